The van der Waals surface area contributed by atoms with Crippen LogP contribution in [0.15, 0.2) is 69.8 Å². The van der Waals surface area contributed by atoms with Crippen LogP contribution in [0.1, 0.15) is 6.42 Å². The van der Waals surface area contributed by atoms with Crippen molar-refractivity contribution in [3.05, 3.63) is 59.9 Å². The summed E-state index contributed by atoms with van der Waals surface area (Å²) in [5, 5.41) is 12.3. The Morgan fingerprint density at radius 2 is 1.96 bits per heavy atom. The van der Waals surface area contributed by atoms with Gasteiger partial charge in [0.2, 0.25) is 5.91 Å². The Morgan fingerprint density at radius 1 is 1.19 bits per heavy atom. The third kappa shape index (κ3) is 5.27. The number of carbonyl (C=O) groups excluding carboxylic acids is 1. The van der Waals surface area contributed by atoms with E-state index in [0.29, 0.717) is 17.2 Å². The minimum absolute atomic E-state index is 0.0155. The maximum Gasteiger partial charge on any atom is 0.225 e. The van der Waals surface area contributed by atoms with E-state index in [1.807, 2.05) is 60.1 Å². The molecule has 0 fully saturated rings. The summed E-state index contributed by atoms with van der Waals surface area (Å²) in [5.41, 5.74) is 0.778. The minimum atomic E-state index is -0.0155. The van der Waals surface area contributed by atoms with Crippen molar-refractivity contribution in [3.63, 3.8) is 0 Å². The fourth-order valence-corrected chi connectivity index (χ4v) is 4.07. The van der Waals surface area contributed by atoms with Crippen LogP contribution in [0.2, 0.25) is 5.02 Å². The molecule has 1 aromatic heterocycles. The minimum Gasteiger partial charge on any atom is -0.326 e. The number of benzene rings is 2. The molecule has 0 saturated heterocycles. The van der Waals surface area contributed by atoms with Gasteiger partial charge < -0.3 is 9.88 Å². The highest BCUT2D eigenvalue weighted by Crippen LogP contribution is 2.28. The zero-order chi connectivity index (χ0) is 18.4. The summed E-state index contributed by atoms with van der Waals surface area (Å²) < 4.78 is 1.86. The van der Waals surface area contributed by atoms with Crippen LogP contribution in [0, 0.1) is 0 Å². The van der Waals surface area contributed by atoms with Crippen LogP contribution in [-0.2, 0) is 11.8 Å². The number of anilines is 1. The van der Waals surface area contributed by atoms with Gasteiger partial charge in [0.05, 0.1) is 5.02 Å². The lowest BCUT2D eigenvalue weighted by Gasteiger charge is -2.07. The second-order valence-corrected chi connectivity index (χ2v) is 8.01. The second-order valence-electron chi connectivity index (χ2n) is 5.43. The van der Waals surface area contributed by atoms with E-state index < -0.39 is 0 Å². The monoisotopic (exact) mass is 404 g/mol. The highest BCUT2D eigenvalue weighted by atomic mass is 35.5. The SMILES string of the molecule is Cn1cnnc1Sc1ccc(NC(=O)CCSc2ccccc2Cl)cc1. The number of hydrogen-bond donors (Lipinski definition) is 1. The van der Waals surface area contributed by atoms with Gasteiger partial charge in [-0.3, -0.25) is 4.79 Å². The first-order valence-electron chi connectivity index (χ1n) is 7.91. The van der Waals surface area contributed by atoms with Crippen molar-refractivity contribution in [1.29, 1.82) is 0 Å². The van der Waals surface area contributed by atoms with Gasteiger partial charge in [0, 0.05) is 34.7 Å². The Labute approximate surface area is 165 Å². The fourth-order valence-electron chi connectivity index (χ4n) is 2.12. The van der Waals surface area contributed by atoms with Crippen LogP contribution in [0.25, 0.3) is 0 Å². The molecule has 3 aromatic rings. The van der Waals surface area contributed by atoms with E-state index in [1.54, 1.807) is 18.1 Å². The number of carbonyl (C=O) groups is 1. The Balaban J connectivity index is 1.47. The van der Waals surface area contributed by atoms with Crippen LogP contribution >= 0.6 is 35.1 Å². The van der Waals surface area contributed by atoms with Gasteiger partial charge in [0.25, 0.3) is 0 Å². The van der Waals surface area contributed by atoms with Crippen molar-refractivity contribution in [3.8, 4) is 0 Å². The Bertz CT molecular complexity index is 883. The number of nitrogens with one attached hydrogen (secondary N) is 1. The van der Waals surface area contributed by atoms with Gasteiger partial charge in [-0.05, 0) is 48.2 Å². The van der Waals surface area contributed by atoms with Crippen molar-refractivity contribution in [2.45, 2.75) is 21.4 Å². The maximum absolute atomic E-state index is 12.1. The lowest BCUT2D eigenvalue weighted by atomic mass is 10.3. The Morgan fingerprint density at radius 3 is 2.65 bits per heavy atom. The van der Waals surface area contributed by atoms with E-state index in [4.69, 9.17) is 11.6 Å². The summed E-state index contributed by atoms with van der Waals surface area (Å²) in [7, 11) is 1.90. The van der Waals surface area contributed by atoms with E-state index in [2.05, 4.69) is 15.5 Å². The number of aryl methyl sites for hydroxylation is 1. The first kappa shape index (κ1) is 18.8. The molecule has 0 saturated carbocycles. The van der Waals surface area contributed by atoms with Gasteiger partial charge in [0.1, 0.15) is 6.33 Å². The predicted molar refractivity (Wildman–Crippen MR) is 107 cm³/mol. The van der Waals surface area contributed by atoms with Crippen LogP contribution in [-0.4, -0.2) is 26.4 Å². The molecule has 2 aromatic carbocycles. The van der Waals surface area contributed by atoms with Gasteiger partial charge in [0.15, 0.2) is 5.16 Å². The molecule has 5 nitrogen and oxygen atoms in total. The fraction of sp³-hybridized carbons (Fsp3) is 0.167. The Kier molecular flexibility index (Phi) is 6.60. The van der Waals surface area contributed by atoms with Gasteiger partial charge in [-0.15, -0.1) is 22.0 Å². The van der Waals surface area contributed by atoms with Crippen molar-refractivity contribution < 1.29 is 4.79 Å². The topological polar surface area (TPSA) is 59.8 Å². The summed E-state index contributed by atoms with van der Waals surface area (Å²) in [6.45, 7) is 0. The molecular weight excluding hydrogens is 388 g/mol. The molecule has 8 heteroatoms. The van der Waals surface area contributed by atoms with Crippen LogP contribution < -0.4 is 5.32 Å². The van der Waals surface area contributed by atoms with Gasteiger partial charge in [-0.1, -0.05) is 23.7 Å². The molecule has 0 spiro atoms. The van der Waals surface area contributed by atoms with E-state index >= 15 is 0 Å². The number of aromatic nitrogens is 3. The molecule has 0 atom stereocenters. The average molecular weight is 405 g/mol. The molecule has 1 N–H and O–H groups in total. The number of amides is 1. The highest BCUT2D eigenvalue weighted by Gasteiger charge is 2.06. The summed E-state index contributed by atoms with van der Waals surface area (Å²) >= 11 is 9.21. The largest absolute Gasteiger partial charge is 0.326 e. The van der Waals surface area contributed by atoms with Crippen molar-refractivity contribution in [2.75, 3.05) is 11.1 Å². The van der Waals surface area contributed by atoms with Gasteiger partial charge in [-0.25, -0.2) is 0 Å². The Hall–Kier alpha value is -1.96. The smallest absolute Gasteiger partial charge is 0.225 e. The van der Waals surface area contributed by atoms with Crippen molar-refractivity contribution in [2.24, 2.45) is 7.05 Å². The van der Waals surface area contributed by atoms with Crippen LogP contribution in [0.4, 0.5) is 5.69 Å². The standard InChI is InChI=1S/C18H17ClN4OS2/c1-23-12-20-22-18(23)26-14-8-6-13(7-9-14)21-17(24)10-11-25-16-5-3-2-4-15(16)19/h2-9,12H,10-11H2,1H3,(H,21,24). The quantitative estimate of drug-likeness (QED) is 0.576. The maximum atomic E-state index is 12.1. The first-order valence-corrected chi connectivity index (χ1v) is 10.1. The molecule has 0 unspecified atom stereocenters. The van der Waals surface area contributed by atoms with Crippen LogP contribution in [0.5, 0.6) is 0 Å². The molecule has 1 heterocycles. The van der Waals surface area contributed by atoms with E-state index in [9.17, 15) is 4.79 Å². The molecule has 0 bridgehead atoms. The summed E-state index contributed by atoms with van der Waals surface area (Å²) in [5.74, 6) is 0.661. The highest BCUT2D eigenvalue weighted by molar-refractivity contribution is 7.99. The molecule has 0 aliphatic rings. The number of halogens is 1. The molecule has 134 valence electrons. The summed E-state index contributed by atoms with van der Waals surface area (Å²) in [6.07, 6.45) is 2.09. The third-order valence-corrected chi connectivity index (χ3v) is 6.02. The van der Waals surface area contributed by atoms with E-state index in [-0.39, 0.29) is 5.91 Å². The number of rotatable bonds is 7. The molecule has 0 radical (unpaired) electrons. The zero-order valence-electron chi connectivity index (χ0n) is 14.1. The van der Waals surface area contributed by atoms with E-state index in [1.165, 1.54) is 11.8 Å². The molecule has 1 amide bonds. The summed E-state index contributed by atoms with van der Waals surface area (Å²) in [6, 6.07) is 15.3. The lowest BCUT2D eigenvalue weighted by molar-refractivity contribution is -0.115. The number of hydrogen-bond acceptors (Lipinski definition) is 5. The molecule has 0 aliphatic carbocycles. The van der Waals surface area contributed by atoms with Crippen molar-refractivity contribution >= 4 is 46.7 Å². The average Bonchev–Trinajstić information content (AvgIpc) is 3.03. The predicted octanol–water partition coefficient (Wildman–Crippen LogP) is 4.74. The molecular formula is C18H17ClN4OS2. The second kappa shape index (κ2) is 9.12. The first-order chi connectivity index (χ1) is 12.6. The summed E-state index contributed by atoms with van der Waals surface area (Å²) in [4.78, 5) is 14.1. The van der Waals surface area contributed by atoms with Gasteiger partial charge >= 0.3 is 0 Å². The van der Waals surface area contributed by atoms with Gasteiger partial charge in [-0.2, -0.15) is 0 Å². The number of nitrogens with zero attached hydrogens (tertiary/aromatic N) is 3. The third-order valence-electron chi connectivity index (χ3n) is 3.44. The normalized spacial score (nSPS) is 10.7. The lowest BCUT2D eigenvalue weighted by Crippen LogP contribution is -2.12. The zero-order valence-corrected chi connectivity index (χ0v) is 16.4. The van der Waals surface area contributed by atoms with Crippen LogP contribution in [0.3, 0.4) is 0 Å². The molecule has 3 rings (SSSR count). The number of thioether (sulfide) groups is 1. The van der Waals surface area contributed by atoms with Crippen molar-refractivity contribution in [1.82, 2.24) is 14.8 Å². The van der Waals surface area contributed by atoms with E-state index in [0.717, 1.165) is 20.6 Å². The molecule has 26 heavy (non-hydrogen) atoms. The molecule has 0 aliphatic heterocycles.